The zero-order valence-corrected chi connectivity index (χ0v) is 14.7. The molecule has 0 amide bonds. The molecule has 3 rings (SSSR count). The number of aromatic nitrogens is 2. The molecule has 4 nitrogen and oxygen atoms in total. The Morgan fingerprint density at radius 1 is 1.22 bits per heavy atom. The molecule has 2 aromatic rings. The molecular weight excluding hydrogens is 308 g/mol. The van der Waals surface area contributed by atoms with E-state index < -0.39 is 0 Å². The number of hydrogen-bond donors (Lipinski definition) is 1. The van der Waals surface area contributed by atoms with Crippen molar-refractivity contribution in [1.82, 2.24) is 14.7 Å². The van der Waals surface area contributed by atoms with Gasteiger partial charge in [-0.3, -0.25) is 9.58 Å². The summed E-state index contributed by atoms with van der Waals surface area (Å²) in [5.74, 6) is 1.06. The van der Waals surface area contributed by atoms with Crippen LogP contribution in [0.15, 0.2) is 42.7 Å². The smallest absolute Gasteiger partial charge is 0.0534 e. The molecule has 126 valence electrons. The van der Waals surface area contributed by atoms with E-state index in [4.69, 9.17) is 5.73 Å². The highest BCUT2D eigenvalue weighted by Gasteiger charge is 2.31. The Bertz CT molecular complexity index is 596. The van der Waals surface area contributed by atoms with E-state index in [0.717, 1.165) is 26.2 Å². The SMILES string of the molecule is CC(C)Cn1cc(CN2C[C@@H](N)[C@H](c3ccccc3)C2)cn1.Cl. The average Bonchev–Trinajstić information content (AvgIpc) is 3.06. The molecule has 0 unspecified atom stereocenters. The van der Waals surface area contributed by atoms with Crippen LogP contribution in [0.5, 0.6) is 0 Å². The van der Waals surface area contributed by atoms with Gasteiger partial charge < -0.3 is 5.73 Å². The maximum Gasteiger partial charge on any atom is 0.0534 e. The fourth-order valence-corrected chi connectivity index (χ4v) is 3.32. The molecule has 1 aromatic heterocycles. The van der Waals surface area contributed by atoms with Crippen molar-refractivity contribution in [3.63, 3.8) is 0 Å². The first-order valence-corrected chi connectivity index (χ1v) is 8.16. The molecule has 2 heterocycles. The predicted molar refractivity (Wildman–Crippen MR) is 96.7 cm³/mol. The van der Waals surface area contributed by atoms with E-state index in [1.54, 1.807) is 0 Å². The lowest BCUT2D eigenvalue weighted by atomic mass is 9.95. The quantitative estimate of drug-likeness (QED) is 0.914. The molecule has 5 heteroatoms. The van der Waals surface area contributed by atoms with Crippen molar-refractivity contribution in [1.29, 1.82) is 0 Å². The van der Waals surface area contributed by atoms with Crippen LogP contribution in [0.1, 0.15) is 30.9 Å². The van der Waals surface area contributed by atoms with Gasteiger partial charge in [-0.25, -0.2) is 0 Å². The highest BCUT2D eigenvalue weighted by Crippen LogP contribution is 2.27. The Labute approximate surface area is 145 Å². The summed E-state index contributed by atoms with van der Waals surface area (Å²) in [6, 6.07) is 10.9. The lowest BCUT2D eigenvalue weighted by Crippen LogP contribution is -2.28. The minimum Gasteiger partial charge on any atom is -0.326 e. The summed E-state index contributed by atoms with van der Waals surface area (Å²) < 4.78 is 2.05. The van der Waals surface area contributed by atoms with Crippen LogP contribution < -0.4 is 5.73 Å². The molecule has 1 saturated heterocycles. The fraction of sp³-hybridized carbons (Fsp3) is 0.500. The van der Waals surface area contributed by atoms with Gasteiger partial charge in [0.1, 0.15) is 0 Å². The summed E-state index contributed by atoms with van der Waals surface area (Å²) in [4.78, 5) is 2.44. The van der Waals surface area contributed by atoms with Gasteiger partial charge in [0, 0.05) is 49.9 Å². The highest BCUT2D eigenvalue weighted by atomic mass is 35.5. The van der Waals surface area contributed by atoms with E-state index in [-0.39, 0.29) is 18.4 Å². The molecule has 23 heavy (non-hydrogen) atoms. The molecule has 0 radical (unpaired) electrons. The Morgan fingerprint density at radius 2 is 1.96 bits per heavy atom. The van der Waals surface area contributed by atoms with Crippen molar-refractivity contribution in [2.24, 2.45) is 11.7 Å². The Morgan fingerprint density at radius 3 is 2.65 bits per heavy atom. The third-order valence-corrected chi connectivity index (χ3v) is 4.31. The van der Waals surface area contributed by atoms with Gasteiger partial charge in [-0.2, -0.15) is 5.10 Å². The minimum absolute atomic E-state index is 0. The maximum atomic E-state index is 6.36. The van der Waals surface area contributed by atoms with Crippen molar-refractivity contribution in [3.8, 4) is 0 Å². The number of nitrogens with two attached hydrogens (primary N) is 1. The molecule has 2 N–H and O–H groups in total. The highest BCUT2D eigenvalue weighted by molar-refractivity contribution is 5.85. The molecular formula is C18H27ClN4. The van der Waals surface area contributed by atoms with Gasteiger partial charge in [0.05, 0.1) is 6.20 Å². The second-order valence-corrected chi connectivity index (χ2v) is 6.84. The van der Waals surface area contributed by atoms with Gasteiger partial charge in [0.15, 0.2) is 0 Å². The molecule has 0 aliphatic carbocycles. The van der Waals surface area contributed by atoms with E-state index in [2.05, 4.69) is 60.4 Å². The number of hydrogen-bond acceptors (Lipinski definition) is 3. The Balaban J connectivity index is 0.00000192. The van der Waals surface area contributed by atoms with E-state index in [1.807, 2.05) is 10.9 Å². The van der Waals surface area contributed by atoms with Gasteiger partial charge >= 0.3 is 0 Å². The first-order chi connectivity index (χ1) is 10.6. The largest absolute Gasteiger partial charge is 0.326 e. The lowest BCUT2D eigenvalue weighted by Gasteiger charge is -2.15. The minimum atomic E-state index is 0. The Hall–Kier alpha value is -1.36. The first-order valence-electron chi connectivity index (χ1n) is 8.16. The van der Waals surface area contributed by atoms with Crippen LogP contribution in [0.3, 0.4) is 0 Å². The summed E-state index contributed by atoms with van der Waals surface area (Å²) in [7, 11) is 0. The monoisotopic (exact) mass is 334 g/mol. The van der Waals surface area contributed by atoms with Gasteiger partial charge in [-0.15, -0.1) is 12.4 Å². The topological polar surface area (TPSA) is 47.1 Å². The van der Waals surface area contributed by atoms with Crippen LogP contribution in [-0.2, 0) is 13.1 Å². The van der Waals surface area contributed by atoms with Crippen LogP contribution in [0.2, 0.25) is 0 Å². The van der Waals surface area contributed by atoms with Crippen molar-refractivity contribution < 1.29 is 0 Å². The molecule has 0 bridgehead atoms. The molecule has 1 fully saturated rings. The van der Waals surface area contributed by atoms with Crippen LogP contribution in [0.4, 0.5) is 0 Å². The van der Waals surface area contributed by atoms with Gasteiger partial charge in [0.25, 0.3) is 0 Å². The zero-order chi connectivity index (χ0) is 15.5. The summed E-state index contributed by atoms with van der Waals surface area (Å²) >= 11 is 0. The van der Waals surface area contributed by atoms with E-state index in [1.165, 1.54) is 11.1 Å². The van der Waals surface area contributed by atoms with Crippen LogP contribution in [0, 0.1) is 5.92 Å². The third kappa shape index (κ3) is 4.56. The average molecular weight is 335 g/mol. The second-order valence-electron chi connectivity index (χ2n) is 6.84. The lowest BCUT2D eigenvalue weighted by molar-refractivity contribution is 0.323. The number of likely N-dealkylation sites (tertiary alicyclic amines) is 1. The third-order valence-electron chi connectivity index (χ3n) is 4.31. The normalized spacial score (nSPS) is 21.6. The summed E-state index contributed by atoms with van der Waals surface area (Å²) in [6.07, 6.45) is 4.16. The van der Waals surface area contributed by atoms with Crippen molar-refractivity contribution in [2.75, 3.05) is 13.1 Å². The zero-order valence-electron chi connectivity index (χ0n) is 13.9. The first kappa shape index (κ1) is 18.0. The number of benzene rings is 1. The number of nitrogens with zero attached hydrogens (tertiary/aromatic N) is 3. The summed E-state index contributed by atoms with van der Waals surface area (Å²) in [5.41, 5.74) is 9.00. The van der Waals surface area contributed by atoms with Crippen LogP contribution in [0.25, 0.3) is 0 Å². The van der Waals surface area contributed by atoms with E-state index in [9.17, 15) is 0 Å². The van der Waals surface area contributed by atoms with Gasteiger partial charge in [-0.1, -0.05) is 44.2 Å². The van der Waals surface area contributed by atoms with Crippen molar-refractivity contribution in [3.05, 3.63) is 53.9 Å². The summed E-state index contributed by atoms with van der Waals surface area (Å²) in [5, 5.41) is 4.45. The fourth-order valence-electron chi connectivity index (χ4n) is 3.32. The molecule has 1 aliphatic rings. The summed E-state index contributed by atoms with van der Waals surface area (Å²) in [6.45, 7) is 8.33. The molecule has 0 spiro atoms. The molecule has 1 aliphatic heterocycles. The van der Waals surface area contributed by atoms with E-state index >= 15 is 0 Å². The van der Waals surface area contributed by atoms with Crippen LogP contribution >= 0.6 is 12.4 Å². The van der Waals surface area contributed by atoms with Crippen molar-refractivity contribution in [2.45, 2.75) is 38.9 Å². The molecule has 2 atom stereocenters. The maximum absolute atomic E-state index is 6.36. The molecule has 0 saturated carbocycles. The van der Waals surface area contributed by atoms with Crippen LogP contribution in [-0.4, -0.2) is 33.8 Å². The second kappa shape index (κ2) is 7.95. The van der Waals surface area contributed by atoms with E-state index in [0.29, 0.717) is 11.8 Å². The number of halogens is 1. The number of rotatable bonds is 5. The molecule has 1 aromatic carbocycles. The van der Waals surface area contributed by atoms with Gasteiger partial charge in [0.2, 0.25) is 0 Å². The van der Waals surface area contributed by atoms with Crippen molar-refractivity contribution >= 4 is 12.4 Å². The van der Waals surface area contributed by atoms with Gasteiger partial charge in [-0.05, 0) is 11.5 Å². The Kier molecular flexibility index (Phi) is 6.22. The predicted octanol–water partition coefficient (Wildman–Crippen LogP) is 2.89. The standard InChI is InChI=1S/C18H26N4.ClH/c1-14(2)9-22-11-15(8-20-22)10-21-12-17(18(19)13-21)16-6-4-3-5-7-16;/h3-8,11,14,17-18H,9-10,12-13,19H2,1-2H3;1H/t17-,18+;/m0./s1.